The normalized spacial score (nSPS) is 12.4. The third kappa shape index (κ3) is 15.6. The molecule has 1 aromatic carbocycles. The fraction of sp³-hybridized carbons (Fsp3) is 0.692. The number of halogens is 3. The average molecular weight is 487 g/mol. The molecule has 5 nitrogen and oxygen atoms in total. The third-order valence-electron chi connectivity index (χ3n) is 5.83. The van der Waals surface area contributed by atoms with Crippen LogP contribution >= 0.6 is 0 Å². The van der Waals surface area contributed by atoms with E-state index in [1.54, 1.807) is 12.1 Å². The second-order valence-electron chi connectivity index (χ2n) is 9.00. The number of amides is 1. The molecule has 1 rings (SSSR count). The molecule has 0 aliphatic carbocycles. The molecule has 0 bridgehead atoms. The van der Waals surface area contributed by atoms with Gasteiger partial charge in [-0.25, -0.2) is 0 Å². The summed E-state index contributed by atoms with van der Waals surface area (Å²) in [7, 11) is 0. The minimum Gasteiger partial charge on any atom is -0.480 e. The molecule has 0 aromatic heterocycles. The van der Waals surface area contributed by atoms with Crippen molar-refractivity contribution in [3.63, 3.8) is 0 Å². The SMILES string of the molecule is C[C@H](NC(=O)c1ccc(NCCCCCCCCCCCCCCCC(F)(F)F)cc1)C(=O)O. The number of rotatable bonds is 19. The molecule has 0 saturated carbocycles. The summed E-state index contributed by atoms with van der Waals surface area (Å²) in [4.78, 5) is 22.8. The number of hydrogen-bond donors (Lipinski definition) is 3. The molecule has 0 spiro atoms. The molecule has 0 unspecified atom stereocenters. The number of carbonyl (C=O) groups excluding carboxylic acids is 1. The van der Waals surface area contributed by atoms with Crippen molar-refractivity contribution in [1.29, 1.82) is 0 Å². The lowest BCUT2D eigenvalue weighted by Crippen LogP contribution is -2.38. The van der Waals surface area contributed by atoms with Gasteiger partial charge in [-0.15, -0.1) is 0 Å². The first-order valence-electron chi connectivity index (χ1n) is 12.6. The van der Waals surface area contributed by atoms with E-state index < -0.39 is 30.5 Å². The van der Waals surface area contributed by atoms with Gasteiger partial charge in [0.25, 0.3) is 5.91 Å². The lowest BCUT2D eigenvalue weighted by molar-refractivity contribution is -0.139. The van der Waals surface area contributed by atoms with E-state index in [9.17, 15) is 22.8 Å². The van der Waals surface area contributed by atoms with Crippen molar-refractivity contribution in [2.45, 2.75) is 109 Å². The zero-order chi connectivity index (χ0) is 25.2. The molecule has 0 aliphatic rings. The van der Waals surface area contributed by atoms with E-state index in [-0.39, 0.29) is 6.42 Å². The maximum Gasteiger partial charge on any atom is 0.389 e. The molecule has 8 heteroatoms. The van der Waals surface area contributed by atoms with Crippen LogP contribution in [0.1, 0.15) is 107 Å². The van der Waals surface area contributed by atoms with Gasteiger partial charge in [0.2, 0.25) is 0 Å². The van der Waals surface area contributed by atoms with E-state index in [1.165, 1.54) is 51.9 Å². The molecule has 0 saturated heterocycles. The molecule has 3 N–H and O–H groups in total. The monoisotopic (exact) mass is 486 g/mol. The molecule has 1 amide bonds. The van der Waals surface area contributed by atoms with E-state index in [0.717, 1.165) is 37.9 Å². The van der Waals surface area contributed by atoms with Crippen molar-refractivity contribution in [3.05, 3.63) is 29.8 Å². The van der Waals surface area contributed by atoms with Crippen LogP contribution < -0.4 is 10.6 Å². The second-order valence-corrected chi connectivity index (χ2v) is 9.00. The van der Waals surface area contributed by atoms with Crippen molar-refractivity contribution < 1.29 is 27.9 Å². The minimum absolute atomic E-state index is 0.263. The predicted octanol–water partition coefficient (Wildman–Crippen LogP) is 7.33. The van der Waals surface area contributed by atoms with Crippen LogP contribution in [-0.4, -0.2) is 35.7 Å². The number of nitrogens with one attached hydrogen (secondary N) is 2. The largest absolute Gasteiger partial charge is 0.480 e. The van der Waals surface area contributed by atoms with Gasteiger partial charge in [-0.2, -0.15) is 13.2 Å². The van der Waals surface area contributed by atoms with Crippen LogP contribution in [0.4, 0.5) is 18.9 Å². The van der Waals surface area contributed by atoms with Crippen molar-refractivity contribution in [2.24, 2.45) is 0 Å². The summed E-state index contributed by atoms with van der Waals surface area (Å²) in [5.41, 5.74) is 1.36. The number of aliphatic carboxylic acids is 1. The van der Waals surface area contributed by atoms with Gasteiger partial charge in [-0.1, -0.05) is 70.6 Å². The Balaban J connectivity index is 1.93. The Labute approximate surface area is 201 Å². The lowest BCUT2D eigenvalue weighted by Gasteiger charge is -2.10. The molecule has 0 radical (unpaired) electrons. The van der Waals surface area contributed by atoms with Crippen molar-refractivity contribution >= 4 is 17.6 Å². The number of anilines is 1. The zero-order valence-electron chi connectivity index (χ0n) is 20.4. The van der Waals surface area contributed by atoms with Gasteiger partial charge in [-0.3, -0.25) is 9.59 Å². The second kappa shape index (κ2) is 17.2. The van der Waals surface area contributed by atoms with Crippen molar-refractivity contribution in [1.82, 2.24) is 5.32 Å². The van der Waals surface area contributed by atoms with Crippen LogP contribution in [0.5, 0.6) is 0 Å². The van der Waals surface area contributed by atoms with Gasteiger partial charge in [0.05, 0.1) is 0 Å². The smallest absolute Gasteiger partial charge is 0.389 e. The van der Waals surface area contributed by atoms with Crippen molar-refractivity contribution in [2.75, 3.05) is 11.9 Å². The van der Waals surface area contributed by atoms with Crippen LogP contribution in [0.15, 0.2) is 24.3 Å². The Morgan fingerprint density at radius 3 is 1.68 bits per heavy atom. The summed E-state index contributed by atoms with van der Waals surface area (Å²) in [5.74, 6) is -1.47. The fourth-order valence-corrected chi connectivity index (χ4v) is 3.71. The Morgan fingerprint density at radius 2 is 1.24 bits per heavy atom. The quantitative estimate of drug-likeness (QED) is 0.179. The minimum atomic E-state index is -4.00. The van der Waals surface area contributed by atoms with E-state index in [0.29, 0.717) is 12.0 Å². The Morgan fingerprint density at radius 1 is 0.794 bits per heavy atom. The molecular weight excluding hydrogens is 445 g/mol. The highest BCUT2D eigenvalue weighted by molar-refractivity contribution is 5.96. The van der Waals surface area contributed by atoms with Crippen LogP contribution in [0.2, 0.25) is 0 Å². The topological polar surface area (TPSA) is 78.4 Å². The summed E-state index contributed by atoms with van der Waals surface area (Å²) in [6, 6.07) is 6.08. The van der Waals surface area contributed by atoms with E-state index >= 15 is 0 Å². The number of alkyl halides is 3. The first kappa shape index (κ1) is 29.8. The third-order valence-corrected chi connectivity index (χ3v) is 5.83. The number of carboxylic acid groups (broad SMARTS) is 1. The number of carbonyl (C=O) groups is 2. The van der Waals surface area contributed by atoms with E-state index in [4.69, 9.17) is 5.11 Å². The van der Waals surface area contributed by atoms with Crippen molar-refractivity contribution in [3.8, 4) is 0 Å². The molecule has 34 heavy (non-hydrogen) atoms. The zero-order valence-corrected chi connectivity index (χ0v) is 20.4. The number of benzene rings is 1. The van der Waals surface area contributed by atoms with Crippen LogP contribution in [0.25, 0.3) is 0 Å². The average Bonchev–Trinajstić information content (AvgIpc) is 2.78. The van der Waals surface area contributed by atoms with E-state index in [1.807, 2.05) is 12.1 Å². The summed E-state index contributed by atoms with van der Waals surface area (Å²) in [6.45, 7) is 2.29. The molecular formula is C26H41F3N2O3. The molecule has 0 heterocycles. The van der Waals surface area contributed by atoms with Gasteiger partial charge in [-0.05, 0) is 44.0 Å². The summed E-state index contributed by atoms with van der Waals surface area (Å²) >= 11 is 0. The molecule has 0 fully saturated rings. The van der Waals surface area contributed by atoms with Gasteiger partial charge >= 0.3 is 12.1 Å². The molecule has 1 atom stereocenters. The predicted molar refractivity (Wildman–Crippen MR) is 130 cm³/mol. The van der Waals surface area contributed by atoms with E-state index in [2.05, 4.69) is 10.6 Å². The standard InChI is InChI=1S/C26H41F3N2O3/c1-21(25(33)34)31-24(32)22-15-17-23(18-16-22)30-20-14-12-10-8-6-4-2-3-5-7-9-11-13-19-26(27,28)29/h15-18,21,30H,2-14,19-20H2,1H3,(H,31,32)(H,33,34)/t21-/m0/s1. The molecule has 0 aliphatic heterocycles. The first-order valence-corrected chi connectivity index (χ1v) is 12.6. The number of carboxylic acids is 1. The summed E-state index contributed by atoms with van der Waals surface area (Å²) < 4.78 is 36.1. The summed E-state index contributed by atoms with van der Waals surface area (Å²) in [6.07, 6.45) is 8.94. The maximum atomic E-state index is 12.0. The number of hydrogen-bond acceptors (Lipinski definition) is 3. The van der Waals surface area contributed by atoms with Crippen LogP contribution in [-0.2, 0) is 4.79 Å². The lowest BCUT2D eigenvalue weighted by atomic mass is 10.0. The molecule has 1 aromatic rings. The first-order chi connectivity index (χ1) is 16.2. The van der Waals surface area contributed by atoms with Gasteiger partial charge < -0.3 is 15.7 Å². The Kier molecular flexibility index (Phi) is 15.1. The maximum absolute atomic E-state index is 12.0. The Bertz CT molecular complexity index is 694. The fourth-order valence-electron chi connectivity index (χ4n) is 3.71. The molecule has 194 valence electrons. The van der Waals surface area contributed by atoms with Gasteiger partial charge in [0, 0.05) is 24.2 Å². The summed E-state index contributed by atoms with van der Waals surface area (Å²) in [5, 5.41) is 14.6. The van der Waals surface area contributed by atoms with Crippen LogP contribution in [0.3, 0.4) is 0 Å². The highest BCUT2D eigenvalue weighted by Gasteiger charge is 2.25. The highest BCUT2D eigenvalue weighted by atomic mass is 19.4. The number of unbranched alkanes of at least 4 members (excludes halogenated alkanes) is 12. The Hall–Kier alpha value is -2.25. The van der Waals surface area contributed by atoms with Crippen LogP contribution in [0, 0.1) is 0 Å². The van der Waals surface area contributed by atoms with Gasteiger partial charge in [0.1, 0.15) is 6.04 Å². The highest BCUT2D eigenvalue weighted by Crippen LogP contribution is 2.23. The van der Waals surface area contributed by atoms with Gasteiger partial charge in [0.15, 0.2) is 0 Å².